The first kappa shape index (κ1) is 27.4. The molecule has 38 heavy (non-hydrogen) atoms. The molecule has 0 unspecified atom stereocenters. The molecule has 4 aromatic carbocycles. The van der Waals surface area contributed by atoms with Gasteiger partial charge < -0.3 is 0 Å². The van der Waals surface area contributed by atoms with E-state index in [2.05, 4.69) is 138 Å². The first-order chi connectivity index (χ1) is 18.5. The first-order valence-corrected chi connectivity index (χ1v) is 19.2. The zero-order chi connectivity index (χ0) is 26.5. The van der Waals surface area contributed by atoms with Crippen molar-refractivity contribution in [1.29, 1.82) is 0 Å². The van der Waals surface area contributed by atoms with Crippen LogP contribution in [-0.2, 0) is 0 Å². The predicted octanol–water partition coefficient (Wildman–Crippen LogP) is 9.98. The maximum atomic E-state index is 4.50. The molecule has 4 aromatic rings. The Hall–Kier alpha value is -2.21. The van der Waals surface area contributed by atoms with Gasteiger partial charge in [-0.25, -0.2) is 0 Å². The fraction of sp³-hybridized carbons (Fsp3) is 0.333. The Kier molecular flexibility index (Phi) is 8.56. The van der Waals surface area contributed by atoms with Gasteiger partial charge in [0.2, 0.25) is 0 Å². The third-order valence-corrected chi connectivity index (χ3v) is 17.2. The van der Waals surface area contributed by atoms with E-state index >= 15 is 0 Å². The molecule has 1 aliphatic rings. The summed E-state index contributed by atoms with van der Waals surface area (Å²) in [6, 6.07) is 40.7. The van der Waals surface area contributed by atoms with Crippen LogP contribution in [0.15, 0.2) is 109 Å². The summed E-state index contributed by atoms with van der Waals surface area (Å²) in [5, 5.41) is 1.22. The third-order valence-electron chi connectivity index (χ3n) is 8.97. The van der Waals surface area contributed by atoms with E-state index in [9.17, 15) is 0 Å². The van der Waals surface area contributed by atoms with Crippen molar-refractivity contribution in [3.63, 3.8) is 0 Å². The van der Waals surface area contributed by atoms with E-state index in [0.717, 1.165) is 11.8 Å². The van der Waals surface area contributed by atoms with E-state index < -0.39 is 5.31 Å². The molecule has 0 saturated heterocycles. The first-order valence-electron chi connectivity index (χ1n) is 14.5. The maximum absolute atomic E-state index is 4.50. The van der Waals surface area contributed by atoms with Crippen molar-refractivity contribution >= 4 is 36.7 Å². The van der Waals surface area contributed by atoms with Gasteiger partial charge >= 0.3 is 220 Å². The Bertz CT molecular complexity index is 1260. The second kappa shape index (κ2) is 11.9. The minimum atomic E-state index is -2.87. The summed E-state index contributed by atoms with van der Waals surface area (Å²) in [6.07, 6.45) is 11.1. The predicted molar refractivity (Wildman–Crippen MR) is 174 cm³/mol. The second-order valence-corrected chi connectivity index (χ2v) is 21.1. The van der Waals surface area contributed by atoms with Crippen molar-refractivity contribution < 1.29 is 0 Å². The van der Waals surface area contributed by atoms with E-state index in [1.807, 2.05) is 0 Å². The molecule has 0 aliphatic heterocycles. The molecule has 1 aliphatic carbocycles. The molecule has 2 heteroatoms. The van der Waals surface area contributed by atoms with Gasteiger partial charge in [0.05, 0.1) is 0 Å². The standard InChI is InChI=1S/C36H42BrP/c1-3-4-7-14-29-21-23-30(24-22-29)31-25-27-32(28-26-31)35-19-12-13-20-36(35)38(2,37,33-15-8-5-9-16-33)34-17-10-6-11-18-34/h5-6,8-13,15-20,25-30H,3-4,7,14,21-24H2,1-2H3. The van der Waals surface area contributed by atoms with Gasteiger partial charge in [0, 0.05) is 0 Å². The van der Waals surface area contributed by atoms with Crippen LogP contribution in [0.25, 0.3) is 11.1 Å². The summed E-state index contributed by atoms with van der Waals surface area (Å²) < 4.78 is 0. The molecule has 0 radical (unpaired) electrons. The molecule has 0 N–H and O–H groups in total. The molecular weight excluding hydrogens is 543 g/mol. The van der Waals surface area contributed by atoms with Crippen LogP contribution >= 0.6 is 20.8 Å². The van der Waals surface area contributed by atoms with Crippen molar-refractivity contribution in [2.45, 2.75) is 64.2 Å². The van der Waals surface area contributed by atoms with E-state index in [4.69, 9.17) is 0 Å². The van der Waals surface area contributed by atoms with Crippen LogP contribution in [-0.4, -0.2) is 6.66 Å². The Balaban J connectivity index is 1.46. The van der Waals surface area contributed by atoms with Gasteiger partial charge in [-0.1, -0.05) is 19.8 Å². The van der Waals surface area contributed by atoms with Gasteiger partial charge in [-0.2, -0.15) is 0 Å². The molecule has 0 heterocycles. The average molecular weight is 586 g/mol. The number of halogens is 1. The topological polar surface area (TPSA) is 0 Å². The molecule has 0 nitrogen and oxygen atoms in total. The Morgan fingerprint density at radius 3 is 1.79 bits per heavy atom. The molecule has 5 rings (SSSR count). The molecular formula is C36H42BrP. The zero-order valence-electron chi connectivity index (χ0n) is 23.0. The molecule has 198 valence electrons. The number of hydrogen-bond acceptors (Lipinski definition) is 0. The Morgan fingerprint density at radius 1 is 0.658 bits per heavy atom. The van der Waals surface area contributed by atoms with Crippen molar-refractivity contribution in [1.82, 2.24) is 0 Å². The van der Waals surface area contributed by atoms with Gasteiger partial charge in [0.15, 0.2) is 0 Å². The van der Waals surface area contributed by atoms with Crippen molar-refractivity contribution in [3.8, 4) is 11.1 Å². The summed E-state index contributed by atoms with van der Waals surface area (Å²) in [6.45, 7) is 4.75. The molecule has 1 saturated carbocycles. The van der Waals surface area contributed by atoms with Gasteiger partial charge in [-0.05, 0) is 0 Å². The van der Waals surface area contributed by atoms with Crippen LogP contribution in [0.4, 0.5) is 0 Å². The van der Waals surface area contributed by atoms with E-state index in [-0.39, 0.29) is 0 Å². The van der Waals surface area contributed by atoms with Crippen molar-refractivity contribution in [2.75, 3.05) is 6.66 Å². The Labute approximate surface area is 238 Å². The Morgan fingerprint density at radius 2 is 1.21 bits per heavy atom. The summed E-state index contributed by atoms with van der Waals surface area (Å²) in [4.78, 5) is 0. The molecule has 0 aromatic heterocycles. The summed E-state index contributed by atoms with van der Waals surface area (Å²) >= 11 is 4.50. The molecule has 0 bridgehead atoms. The summed E-state index contributed by atoms with van der Waals surface area (Å²) in [5.74, 6) is 1.68. The number of rotatable bonds is 9. The third kappa shape index (κ3) is 5.43. The number of hydrogen-bond donors (Lipinski definition) is 0. The van der Waals surface area contributed by atoms with E-state index in [1.54, 1.807) is 0 Å². The quantitative estimate of drug-likeness (QED) is 0.135. The molecule has 0 spiro atoms. The van der Waals surface area contributed by atoms with Crippen LogP contribution in [0.5, 0.6) is 0 Å². The van der Waals surface area contributed by atoms with Gasteiger partial charge in [0.25, 0.3) is 0 Å². The molecule has 0 amide bonds. The summed E-state index contributed by atoms with van der Waals surface area (Å²) in [5.41, 5.74) is 4.15. The fourth-order valence-corrected chi connectivity index (χ4v) is 12.8. The van der Waals surface area contributed by atoms with Crippen LogP contribution in [0, 0.1) is 5.92 Å². The second-order valence-electron chi connectivity index (χ2n) is 11.5. The fourth-order valence-electron chi connectivity index (χ4n) is 6.58. The average Bonchev–Trinajstić information content (AvgIpc) is 2.99. The monoisotopic (exact) mass is 584 g/mol. The normalized spacial score (nSPS) is 19.0. The molecule has 0 atom stereocenters. The van der Waals surface area contributed by atoms with Crippen molar-refractivity contribution in [2.24, 2.45) is 5.92 Å². The van der Waals surface area contributed by atoms with Gasteiger partial charge in [0.1, 0.15) is 0 Å². The molecule has 1 fully saturated rings. The van der Waals surface area contributed by atoms with Crippen LogP contribution in [0.3, 0.4) is 0 Å². The van der Waals surface area contributed by atoms with E-state index in [0.29, 0.717) is 0 Å². The van der Waals surface area contributed by atoms with E-state index in [1.165, 1.54) is 84.0 Å². The van der Waals surface area contributed by atoms with Crippen LogP contribution in [0.2, 0.25) is 0 Å². The van der Waals surface area contributed by atoms with Crippen molar-refractivity contribution in [3.05, 3.63) is 115 Å². The van der Waals surface area contributed by atoms with Gasteiger partial charge in [-0.15, -0.1) is 0 Å². The minimum absolute atomic E-state index is 0.719. The van der Waals surface area contributed by atoms with Crippen LogP contribution < -0.4 is 15.9 Å². The number of benzene rings is 4. The summed E-state index contributed by atoms with van der Waals surface area (Å²) in [7, 11) is 0. The van der Waals surface area contributed by atoms with Gasteiger partial charge in [-0.3, -0.25) is 0 Å². The number of unbranched alkanes of at least 4 members (excludes halogenated alkanes) is 2. The van der Waals surface area contributed by atoms with Crippen LogP contribution in [0.1, 0.15) is 69.8 Å². The SMILES string of the molecule is CCCCCC1CCC(c2ccc(-c3ccccc3P(C)(Br)(c3ccccc3)c3ccccc3)cc2)CC1. The zero-order valence-corrected chi connectivity index (χ0v) is 25.5.